The number of nitriles is 1. The second-order valence-electron chi connectivity index (χ2n) is 3.93. The van der Waals surface area contributed by atoms with Crippen molar-refractivity contribution in [3.05, 3.63) is 42.0 Å². The molecule has 0 fully saturated rings. The Hall–Kier alpha value is -2.61. The summed E-state index contributed by atoms with van der Waals surface area (Å²) >= 11 is 0. The lowest BCUT2D eigenvalue weighted by atomic mass is 10.1. The van der Waals surface area contributed by atoms with E-state index in [1.165, 1.54) is 0 Å². The molecule has 5 heteroatoms. The van der Waals surface area contributed by atoms with Gasteiger partial charge in [0.25, 0.3) is 5.91 Å². The van der Waals surface area contributed by atoms with Crippen molar-refractivity contribution < 1.29 is 4.79 Å². The van der Waals surface area contributed by atoms with Gasteiger partial charge in [0.1, 0.15) is 5.69 Å². The van der Waals surface area contributed by atoms with E-state index in [9.17, 15) is 4.79 Å². The number of nitrogens with zero attached hydrogens (tertiary/aromatic N) is 3. The minimum absolute atomic E-state index is 0.391. The van der Waals surface area contributed by atoms with Crippen LogP contribution < -0.4 is 5.32 Å². The van der Waals surface area contributed by atoms with Crippen molar-refractivity contribution in [3.63, 3.8) is 0 Å². The van der Waals surface area contributed by atoms with Crippen LogP contribution in [0, 0.1) is 18.4 Å². The standard InChI is InChI=1S/C13H12N4O/c1-9-11(10-3-5-15-6-4-10)7-17(2)12(9)13(18)16-8-14/h3-7H,1-2H3,(H,16,18). The normalized spacial score (nSPS) is 9.83. The quantitative estimate of drug-likeness (QED) is 0.640. The van der Waals surface area contributed by atoms with Crippen LogP contribution in [0.2, 0.25) is 0 Å². The smallest absolute Gasteiger partial charge is 0.281 e. The molecule has 18 heavy (non-hydrogen) atoms. The van der Waals surface area contributed by atoms with Gasteiger partial charge in [-0.25, -0.2) is 0 Å². The number of hydrogen-bond donors (Lipinski definition) is 1. The zero-order valence-corrected chi connectivity index (χ0v) is 10.1. The van der Waals surface area contributed by atoms with Gasteiger partial charge < -0.3 is 4.57 Å². The molecule has 1 N–H and O–H groups in total. The molecule has 0 unspecified atom stereocenters. The van der Waals surface area contributed by atoms with Gasteiger partial charge >= 0.3 is 0 Å². The Morgan fingerprint density at radius 1 is 1.44 bits per heavy atom. The van der Waals surface area contributed by atoms with Gasteiger partial charge in [-0.05, 0) is 30.2 Å². The molecule has 2 aromatic heterocycles. The number of nitrogens with one attached hydrogen (secondary N) is 1. The van der Waals surface area contributed by atoms with Crippen LogP contribution in [0.5, 0.6) is 0 Å². The lowest BCUT2D eigenvalue weighted by Crippen LogP contribution is -2.21. The van der Waals surface area contributed by atoms with Crippen LogP contribution in [-0.4, -0.2) is 15.5 Å². The fourth-order valence-electron chi connectivity index (χ4n) is 2.01. The third-order valence-corrected chi connectivity index (χ3v) is 2.81. The summed E-state index contributed by atoms with van der Waals surface area (Å²) in [5.74, 6) is -0.391. The number of carbonyl (C=O) groups excluding carboxylic acids is 1. The van der Waals surface area contributed by atoms with Gasteiger partial charge in [0.15, 0.2) is 6.19 Å². The van der Waals surface area contributed by atoms with Gasteiger partial charge in [0.05, 0.1) is 0 Å². The van der Waals surface area contributed by atoms with Crippen molar-refractivity contribution in [2.24, 2.45) is 7.05 Å². The SMILES string of the molecule is Cc1c(-c2ccncc2)cn(C)c1C(=O)NC#N. The van der Waals surface area contributed by atoms with Crippen LogP contribution in [0.4, 0.5) is 0 Å². The van der Waals surface area contributed by atoms with E-state index in [0.29, 0.717) is 5.69 Å². The Bertz CT molecular complexity index is 622. The van der Waals surface area contributed by atoms with Crippen molar-refractivity contribution in [1.29, 1.82) is 5.26 Å². The highest BCUT2D eigenvalue weighted by Crippen LogP contribution is 2.26. The van der Waals surface area contributed by atoms with Crippen LogP contribution in [0.25, 0.3) is 11.1 Å². The van der Waals surface area contributed by atoms with Gasteiger partial charge in [-0.3, -0.25) is 15.1 Å². The number of pyridine rings is 1. The number of hydrogen-bond acceptors (Lipinski definition) is 3. The largest absolute Gasteiger partial charge is 0.346 e. The molecule has 0 aliphatic rings. The minimum atomic E-state index is -0.391. The van der Waals surface area contributed by atoms with Gasteiger partial charge in [0.2, 0.25) is 0 Å². The predicted molar refractivity (Wildman–Crippen MR) is 66.5 cm³/mol. The van der Waals surface area contributed by atoms with Gasteiger partial charge in [-0.1, -0.05) is 0 Å². The lowest BCUT2D eigenvalue weighted by Gasteiger charge is -2.02. The van der Waals surface area contributed by atoms with Crippen LogP contribution in [0.15, 0.2) is 30.7 Å². The summed E-state index contributed by atoms with van der Waals surface area (Å²) < 4.78 is 1.72. The molecule has 1 amide bonds. The summed E-state index contributed by atoms with van der Waals surface area (Å²) in [6.45, 7) is 1.86. The molecule has 2 heterocycles. The van der Waals surface area contributed by atoms with Crippen LogP contribution in [-0.2, 0) is 7.05 Å². The molecule has 0 atom stereocenters. The van der Waals surface area contributed by atoms with E-state index in [4.69, 9.17) is 5.26 Å². The Morgan fingerprint density at radius 3 is 2.72 bits per heavy atom. The molecule has 0 bridgehead atoms. The van der Waals surface area contributed by atoms with Crippen LogP contribution >= 0.6 is 0 Å². The van der Waals surface area contributed by atoms with Gasteiger partial charge in [-0.15, -0.1) is 0 Å². The number of carbonyl (C=O) groups is 1. The lowest BCUT2D eigenvalue weighted by molar-refractivity contribution is 0.0964. The Balaban J connectivity index is 2.51. The van der Waals surface area contributed by atoms with Crippen LogP contribution in [0.1, 0.15) is 16.1 Å². The number of rotatable bonds is 2. The second-order valence-corrected chi connectivity index (χ2v) is 3.93. The van der Waals surface area contributed by atoms with E-state index in [1.807, 2.05) is 25.3 Å². The molecule has 0 saturated heterocycles. The monoisotopic (exact) mass is 240 g/mol. The van der Waals surface area contributed by atoms with Gasteiger partial charge in [0, 0.05) is 31.2 Å². The second kappa shape index (κ2) is 4.72. The third-order valence-electron chi connectivity index (χ3n) is 2.81. The third kappa shape index (κ3) is 1.96. The summed E-state index contributed by atoms with van der Waals surface area (Å²) in [5.41, 5.74) is 3.29. The number of aryl methyl sites for hydroxylation is 1. The average Bonchev–Trinajstić information content (AvgIpc) is 2.66. The first kappa shape index (κ1) is 11.9. The molecule has 0 saturated carbocycles. The molecule has 5 nitrogen and oxygen atoms in total. The number of amides is 1. The maximum atomic E-state index is 11.8. The first-order valence-electron chi connectivity index (χ1n) is 5.41. The van der Waals surface area contributed by atoms with Crippen molar-refractivity contribution in [2.75, 3.05) is 0 Å². The maximum absolute atomic E-state index is 11.8. The van der Waals surface area contributed by atoms with Crippen molar-refractivity contribution in [3.8, 4) is 17.3 Å². The fraction of sp³-hybridized carbons (Fsp3) is 0.154. The topological polar surface area (TPSA) is 70.7 Å². The highest BCUT2D eigenvalue weighted by Gasteiger charge is 2.17. The fourth-order valence-corrected chi connectivity index (χ4v) is 2.01. The Labute approximate surface area is 105 Å². The highest BCUT2D eigenvalue weighted by atomic mass is 16.1. The van der Waals surface area contributed by atoms with Crippen LogP contribution in [0.3, 0.4) is 0 Å². The summed E-state index contributed by atoms with van der Waals surface area (Å²) in [4.78, 5) is 15.7. The summed E-state index contributed by atoms with van der Waals surface area (Å²) in [7, 11) is 1.78. The molecule has 90 valence electrons. The predicted octanol–water partition coefficient (Wildman–Crippen LogP) is 1.61. The van der Waals surface area contributed by atoms with E-state index >= 15 is 0 Å². The van der Waals surface area contributed by atoms with E-state index < -0.39 is 5.91 Å². The molecule has 0 aliphatic heterocycles. The van der Waals surface area contributed by atoms with E-state index in [1.54, 1.807) is 30.2 Å². The summed E-state index contributed by atoms with van der Waals surface area (Å²) in [5, 5.41) is 10.6. The highest BCUT2D eigenvalue weighted by molar-refractivity contribution is 5.97. The maximum Gasteiger partial charge on any atom is 0.281 e. The van der Waals surface area contributed by atoms with Crippen molar-refractivity contribution >= 4 is 5.91 Å². The summed E-state index contributed by atoms with van der Waals surface area (Å²) in [6.07, 6.45) is 6.93. The van der Waals surface area contributed by atoms with E-state index in [2.05, 4.69) is 10.3 Å². The minimum Gasteiger partial charge on any atom is -0.346 e. The first-order chi connectivity index (χ1) is 8.65. The van der Waals surface area contributed by atoms with E-state index in [0.717, 1.165) is 16.7 Å². The molecular formula is C13H12N4O. The molecule has 2 rings (SSSR count). The molecule has 0 aliphatic carbocycles. The zero-order chi connectivity index (χ0) is 13.1. The first-order valence-corrected chi connectivity index (χ1v) is 5.41. The van der Waals surface area contributed by atoms with Gasteiger partial charge in [-0.2, -0.15) is 5.26 Å². The molecule has 0 radical (unpaired) electrons. The molecular weight excluding hydrogens is 228 g/mol. The Kier molecular flexibility index (Phi) is 3.11. The Morgan fingerprint density at radius 2 is 2.11 bits per heavy atom. The summed E-state index contributed by atoms with van der Waals surface area (Å²) in [6, 6.07) is 3.77. The average molecular weight is 240 g/mol. The number of aromatic nitrogens is 2. The zero-order valence-electron chi connectivity index (χ0n) is 10.1. The van der Waals surface area contributed by atoms with Crippen molar-refractivity contribution in [2.45, 2.75) is 6.92 Å². The molecule has 0 spiro atoms. The van der Waals surface area contributed by atoms with E-state index in [-0.39, 0.29) is 0 Å². The van der Waals surface area contributed by atoms with Crippen molar-refractivity contribution in [1.82, 2.24) is 14.9 Å². The molecule has 2 aromatic rings. The molecule has 0 aromatic carbocycles.